The average molecular weight is 265 g/mol. The van der Waals surface area contributed by atoms with Gasteiger partial charge in [0, 0.05) is 14.8 Å². The first-order chi connectivity index (χ1) is 8.19. The highest BCUT2D eigenvalue weighted by Crippen LogP contribution is 2.32. The average Bonchev–Trinajstić information content (AvgIpc) is 2.29. The fourth-order valence-corrected chi connectivity index (χ4v) is 2.89. The number of benzene rings is 2. The summed E-state index contributed by atoms with van der Waals surface area (Å²) in [6.07, 6.45) is 0. The van der Waals surface area contributed by atoms with E-state index in [1.807, 2.05) is 18.2 Å². The molecule has 0 amide bonds. The lowest BCUT2D eigenvalue weighted by Gasteiger charge is -2.08. The normalized spacial score (nSPS) is 10.5. The number of aliphatic hydroxyl groups is 1. The predicted molar refractivity (Wildman–Crippen MR) is 72.7 cm³/mol. The van der Waals surface area contributed by atoms with Crippen LogP contribution in [0, 0.1) is 6.92 Å². The van der Waals surface area contributed by atoms with Gasteiger partial charge >= 0.3 is 0 Å². The number of aryl methyl sites for hydroxylation is 1. The molecule has 0 aliphatic carbocycles. The van der Waals surface area contributed by atoms with Gasteiger partial charge in [-0.05, 0) is 36.8 Å². The molecule has 0 aromatic heterocycles. The van der Waals surface area contributed by atoms with E-state index in [4.69, 9.17) is 11.6 Å². The van der Waals surface area contributed by atoms with Gasteiger partial charge in [-0.1, -0.05) is 47.1 Å². The molecule has 0 radical (unpaired) electrons. The van der Waals surface area contributed by atoms with Crippen molar-refractivity contribution in [2.75, 3.05) is 0 Å². The second-order valence-electron chi connectivity index (χ2n) is 3.83. The lowest BCUT2D eigenvalue weighted by atomic mass is 10.2. The fourth-order valence-electron chi connectivity index (χ4n) is 1.56. The van der Waals surface area contributed by atoms with Crippen LogP contribution in [0.25, 0.3) is 0 Å². The maximum atomic E-state index is 9.29. The lowest BCUT2D eigenvalue weighted by Crippen LogP contribution is -1.87. The Morgan fingerprint density at radius 2 is 2.00 bits per heavy atom. The lowest BCUT2D eigenvalue weighted by molar-refractivity contribution is 0.279. The van der Waals surface area contributed by atoms with Gasteiger partial charge in [0.2, 0.25) is 0 Å². The number of halogens is 1. The first-order valence-electron chi connectivity index (χ1n) is 5.33. The molecule has 2 aromatic rings. The quantitative estimate of drug-likeness (QED) is 0.892. The van der Waals surface area contributed by atoms with Gasteiger partial charge in [0.25, 0.3) is 0 Å². The minimum atomic E-state index is 0.0331. The Morgan fingerprint density at radius 3 is 2.71 bits per heavy atom. The Hall–Kier alpha value is -0.960. The molecule has 0 bridgehead atoms. The van der Waals surface area contributed by atoms with Crippen LogP contribution in [0.15, 0.2) is 52.3 Å². The summed E-state index contributed by atoms with van der Waals surface area (Å²) in [6.45, 7) is 2.10. The van der Waals surface area contributed by atoms with Gasteiger partial charge in [0.05, 0.1) is 6.61 Å². The summed E-state index contributed by atoms with van der Waals surface area (Å²) >= 11 is 7.60. The highest BCUT2D eigenvalue weighted by atomic mass is 35.5. The van der Waals surface area contributed by atoms with Crippen molar-refractivity contribution in [3.8, 4) is 0 Å². The minimum absolute atomic E-state index is 0.0331. The van der Waals surface area contributed by atoms with Gasteiger partial charge < -0.3 is 5.11 Å². The molecule has 2 rings (SSSR count). The van der Waals surface area contributed by atoms with E-state index >= 15 is 0 Å². The van der Waals surface area contributed by atoms with Gasteiger partial charge in [-0.2, -0.15) is 0 Å². The summed E-state index contributed by atoms with van der Waals surface area (Å²) < 4.78 is 0. The maximum Gasteiger partial charge on any atom is 0.0692 e. The molecule has 0 saturated carbocycles. The zero-order valence-electron chi connectivity index (χ0n) is 9.48. The highest BCUT2D eigenvalue weighted by Gasteiger charge is 2.05. The van der Waals surface area contributed by atoms with E-state index < -0.39 is 0 Å². The van der Waals surface area contributed by atoms with Crippen molar-refractivity contribution in [2.24, 2.45) is 0 Å². The van der Waals surface area contributed by atoms with Crippen LogP contribution in [0.1, 0.15) is 11.1 Å². The number of rotatable bonds is 3. The van der Waals surface area contributed by atoms with Crippen molar-refractivity contribution in [3.63, 3.8) is 0 Å². The zero-order valence-corrected chi connectivity index (χ0v) is 11.1. The minimum Gasteiger partial charge on any atom is -0.392 e. The van der Waals surface area contributed by atoms with Gasteiger partial charge in [-0.15, -0.1) is 0 Å². The van der Waals surface area contributed by atoms with Crippen molar-refractivity contribution in [1.82, 2.24) is 0 Å². The predicted octanol–water partition coefficient (Wildman–Crippen LogP) is 4.29. The number of hydrogen-bond donors (Lipinski definition) is 1. The summed E-state index contributed by atoms with van der Waals surface area (Å²) in [4.78, 5) is 2.16. The van der Waals surface area contributed by atoms with E-state index in [2.05, 4.69) is 25.1 Å². The Bertz CT molecular complexity index is 525. The van der Waals surface area contributed by atoms with E-state index in [1.54, 1.807) is 17.8 Å². The van der Waals surface area contributed by atoms with E-state index in [1.165, 1.54) is 5.56 Å². The standard InChI is InChI=1S/C14H13ClOS/c1-10-3-2-4-13(7-10)17-14-8-12(15)6-5-11(14)9-16/h2-8,16H,9H2,1H3. The van der Waals surface area contributed by atoms with E-state index in [0.29, 0.717) is 5.02 Å². The van der Waals surface area contributed by atoms with Crippen LogP contribution in [0.5, 0.6) is 0 Å². The molecule has 2 aromatic carbocycles. The summed E-state index contributed by atoms with van der Waals surface area (Å²) in [5, 5.41) is 9.98. The van der Waals surface area contributed by atoms with Gasteiger partial charge in [0.15, 0.2) is 0 Å². The first-order valence-corrected chi connectivity index (χ1v) is 6.52. The molecule has 0 unspecified atom stereocenters. The van der Waals surface area contributed by atoms with Crippen LogP contribution < -0.4 is 0 Å². The molecule has 0 heterocycles. The first kappa shape index (κ1) is 12.5. The second-order valence-corrected chi connectivity index (χ2v) is 5.38. The van der Waals surface area contributed by atoms with Crippen LogP contribution in [-0.4, -0.2) is 5.11 Å². The largest absolute Gasteiger partial charge is 0.392 e. The monoisotopic (exact) mass is 264 g/mol. The molecule has 0 spiro atoms. The van der Waals surface area contributed by atoms with Crippen LogP contribution in [0.2, 0.25) is 5.02 Å². The summed E-state index contributed by atoms with van der Waals surface area (Å²) in [6, 6.07) is 13.8. The van der Waals surface area contributed by atoms with Crippen molar-refractivity contribution in [2.45, 2.75) is 23.3 Å². The third-order valence-corrected chi connectivity index (χ3v) is 3.74. The SMILES string of the molecule is Cc1cccc(Sc2cc(Cl)ccc2CO)c1. The maximum absolute atomic E-state index is 9.29. The molecule has 88 valence electrons. The molecular weight excluding hydrogens is 252 g/mol. The molecule has 0 aliphatic heterocycles. The number of aliphatic hydroxyl groups excluding tert-OH is 1. The molecule has 0 saturated heterocycles. The van der Waals surface area contributed by atoms with E-state index in [9.17, 15) is 5.11 Å². The van der Waals surface area contributed by atoms with Crippen LogP contribution in [0.3, 0.4) is 0 Å². The highest BCUT2D eigenvalue weighted by molar-refractivity contribution is 7.99. The third-order valence-electron chi connectivity index (χ3n) is 2.42. The van der Waals surface area contributed by atoms with Crippen molar-refractivity contribution >= 4 is 23.4 Å². The topological polar surface area (TPSA) is 20.2 Å². The van der Waals surface area contributed by atoms with Crippen molar-refractivity contribution in [1.29, 1.82) is 0 Å². The van der Waals surface area contributed by atoms with E-state index in [0.717, 1.165) is 15.4 Å². The molecule has 17 heavy (non-hydrogen) atoms. The smallest absolute Gasteiger partial charge is 0.0692 e. The molecule has 3 heteroatoms. The van der Waals surface area contributed by atoms with Gasteiger partial charge in [-0.3, -0.25) is 0 Å². The number of hydrogen-bond acceptors (Lipinski definition) is 2. The van der Waals surface area contributed by atoms with E-state index in [-0.39, 0.29) is 6.61 Å². The molecule has 0 atom stereocenters. The summed E-state index contributed by atoms with van der Waals surface area (Å²) in [5.41, 5.74) is 2.13. The molecule has 1 N–H and O–H groups in total. The van der Waals surface area contributed by atoms with Gasteiger partial charge in [-0.25, -0.2) is 0 Å². The second kappa shape index (κ2) is 5.58. The van der Waals surface area contributed by atoms with Crippen molar-refractivity contribution in [3.05, 3.63) is 58.6 Å². The van der Waals surface area contributed by atoms with Crippen molar-refractivity contribution < 1.29 is 5.11 Å². The van der Waals surface area contributed by atoms with Crippen LogP contribution >= 0.6 is 23.4 Å². The summed E-state index contributed by atoms with van der Waals surface area (Å²) in [7, 11) is 0. The van der Waals surface area contributed by atoms with Crippen LogP contribution in [-0.2, 0) is 6.61 Å². The van der Waals surface area contributed by atoms with Crippen LogP contribution in [0.4, 0.5) is 0 Å². The molecule has 0 fully saturated rings. The summed E-state index contributed by atoms with van der Waals surface area (Å²) in [5.74, 6) is 0. The molecule has 0 aliphatic rings. The Kier molecular flexibility index (Phi) is 4.11. The Labute approximate surface area is 110 Å². The Morgan fingerprint density at radius 1 is 1.18 bits per heavy atom. The Balaban J connectivity index is 2.32. The molecule has 1 nitrogen and oxygen atoms in total. The third kappa shape index (κ3) is 3.25. The molecular formula is C14H13ClOS. The zero-order chi connectivity index (χ0) is 12.3. The fraction of sp³-hybridized carbons (Fsp3) is 0.143. The van der Waals surface area contributed by atoms with Gasteiger partial charge in [0.1, 0.15) is 0 Å².